The molecule has 5 nitrogen and oxygen atoms in total. The second kappa shape index (κ2) is 5.32. The number of nitrogens with zero attached hydrogens (tertiary/aromatic N) is 3. The lowest BCUT2D eigenvalue weighted by Crippen LogP contribution is -2.21. The first-order valence-electron chi connectivity index (χ1n) is 6.62. The van der Waals surface area contributed by atoms with Crippen LogP contribution in [0.1, 0.15) is 12.8 Å². The van der Waals surface area contributed by atoms with E-state index in [9.17, 15) is 4.39 Å². The molecule has 0 aliphatic carbocycles. The summed E-state index contributed by atoms with van der Waals surface area (Å²) in [6, 6.07) is 6.43. The third-order valence-corrected chi connectivity index (χ3v) is 3.40. The number of nitrogens with two attached hydrogens (primary N) is 1. The summed E-state index contributed by atoms with van der Waals surface area (Å²) in [7, 11) is 0. The summed E-state index contributed by atoms with van der Waals surface area (Å²) in [6.07, 6.45) is 3.73. The molecule has 1 saturated heterocycles. The van der Waals surface area contributed by atoms with Gasteiger partial charge in [0, 0.05) is 13.1 Å². The second-order valence-electron chi connectivity index (χ2n) is 4.76. The maximum Gasteiger partial charge on any atom is 0.159 e. The highest BCUT2D eigenvalue weighted by Crippen LogP contribution is 2.30. The summed E-state index contributed by atoms with van der Waals surface area (Å²) >= 11 is 0. The van der Waals surface area contributed by atoms with Crippen LogP contribution in [0.4, 0.5) is 27.4 Å². The summed E-state index contributed by atoms with van der Waals surface area (Å²) in [4.78, 5) is 10.5. The van der Waals surface area contributed by atoms with Gasteiger partial charge in [0.25, 0.3) is 0 Å². The van der Waals surface area contributed by atoms with Gasteiger partial charge in [0.2, 0.25) is 0 Å². The lowest BCUT2D eigenvalue weighted by atomic mass is 10.3. The molecule has 104 valence electrons. The van der Waals surface area contributed by atoms with Crippen LogP contribution in [0.15, 0.2) is 30.6 Å². The first-order chi connectivity index (χ1) is 9.75. The minimum atomic E-state index is -0.340. The van der Waals surface area contributed by atoms with E-state index in [1.165, 1.54) is 12.4 Å². The Morgan fingerprint density at radius 3 is 2.65 bits per heavy atom. The molecule has 1 aromatic heterocycles. The molecule has 2 aromatic rings. The fourth-order valence-corrected chi connectivity index (χ4v) is 2.36. The third-order valence-electron chi connectivity index (χ3n) is 3.40. The maximum atomic E-state index is 13.7. The second-order valence-corrected chi connectivity index (χ2v) is 4.76. The number of rotatable bonds is 3. The Morgan fingerprint density at radius 2 is 1.90 bits per heavy atom. The molecule has 2 heterocycles. The number of nitrogen functional groups attached to an aromatic ring is 1. The first kappa shape index (κ1) is 12.7. The molecule has 1 aliphatic rings. The van der Waals surface area contributed by atoms with E-state index in [1.54, 1.807) is 18.2 Å². The van der Waals surface area contributed by atoms with Gasteiger partial charge in [0.15, 0.2) is 11.6 Å². The van der Waals surface area contributed by atoms with Gasteiger partial charge in [-0.05, 0) is 25.0 Å². The van der Waals surface area contributed by atoms with Crippen LogP contribution in [0.5, 0.6) is 0 Å². The van der Waals surface area contributed by atoms with E-state index in [2.05, 4.69) is 20.2 Å². The van der Waals surface area contributed by atoms with E-state index in [0.29, 0.717) is 17.2 Å². The Labute approximate surface area is 116 Å². The van der Waals surface area contributed by atoms with Crippen molar-refractivity contribution in [3.63, 3.8) is 0 Å². The number of benzene rings is 1. The molecule has 1 aromatic carbocycles. The summed E-state index contributed by atoms with van der Waals surface area (Å²) in [6.45, 7) is 1.89. The van der Waals surface area contributed by atoms with Crippen molar-refractivity contribution in [2.24, 2.45) is 0 Å². The van der Waals surface area contributed by atoms with Crippen molar-refractivity contribution in [2.45, 2.75) is 12.8 Å². The summed E-state index contributed by atoms with van der Waals surface area (Å²) < 4.78 is 13.7. The monoisotopic (exact) mass is 273 g/mol. The molecule has 0 radical (unpaired) electrons. The smallest absolute Gasteiger partial charge is 0.159 e. The Morgan fingerprint density at radius 1 is 1.15 bits per heavy atom. The zero-order valence-corrected chi connectivity index (χ0v) is 11.0. The van der Waals surface area contributed by atoms with Crippen molar-refractivity contribution in [1.82, 2.24) is 9.97 Å². The van der Waals surface area contributed by atoms with E-state index in [-0.39, 0.29) is 5.82 Å². The highest BCUT2D eigenvalue weighted by Gasteiger charge is 2.18. The Kier molecular flexibility index (Phi) is 3.37. The lowest BCUT2D eigenvalue weighted by Gasteiger charge is -2.19. The zero-order chi connectivity index (χ0) is 13.9. The van der Waals surface area contributed by atoms with Crippen molar-refractivity contribution >= 4 is 23.0 Å². The highest BCUT2D eigenvalue weighted by molar-refractivity contribution is 5.78. The molecule has 3 rings (SSSR count). The minimum Gasteiger partial charge on any atom is -0.393 e. The largest absolute Gasteiger partial charge is 0.393 e. The zero-order valence-electron chi connectivity index (χ0n) is 11.0. The average Bonchev–Trinajstić information content (AvgIpc) is 2.97. The highest BCUT2D eigenvalue weighted by atomic mass is 19.1. The van der Waals surface area contributed by atoms with Gasteiger partial charge in [0.05, 0.1) is 5.69 Å². The third kappa shape index (κ3) is 2.36. The van der Waals surface area contributed by atoms with E-state index in [4.69, 9.17) is 5.73 Å². The normalized spacial score (nSPS) is 14.6. The Hall–Kier alpha value is -2.37. The number of para-hydroxylation sites is 1. The Bertz CT molecular complexity index is 610. The summed E-state index contributed by atoms with van der Waals surface area (Å²) in [5.74, 6) is 0.816. The molecule has 0 saturated carbocycles. The predicted octanol–water partition coefficient (Wildman–Crippen LogP) is 2.54. The number of hydrogen-bond acceptors (Lipinski definition) is 5. The molecule has 0 unspecified atom stereocenters. The van der Waals surface area contributed by atoms with Crippen molar-refractivity contribution < 1.29 is 4.39 Å². The van der Waals surface area contributed by atoms with E-state index < -0.39 is 0 Å². The van der Waals surface area contributed by atoms with Crippen LogP contribution < -0.4 is 16.0 Å². The number of aromatic nitrogens is 2. The Balaban J connectivity index is 1.90. The van der Waals surface area contributed by atoms with E-state index >= 15 is 0 Å². The maximum absolute atomic E-state index is 13.7. The van der Waals surface area contributed by atoms with Gasteiger partial charge in [0.1, 0.15) is 17.8 Å². The van der Waals surface area contributed by atoms with Crippen LogP contribution >= 0.6 is 0 Å². The molecule has 20 heavy (non-hydrogen) atoms. The summed E-state index contributed by atoms with van der Waals surface area (Å²) in [5, 5.41) is 2.93. The van der Waals surface area contributed by atoms with Crippen molar-refractivity contribution in [2.75, 3.05) is 29.0 Å². The van der Waals surface area contributed by atoms with Gasteiger partial charge in [-0.25, -0.2) is 14.4 Å². The van der Waals surface area contributed by atoms with Crippen molar-refractivity contribution in [1.29, 1.82) is 0 Å². The molecule has 0 atom stereocenters. The van der Waals surface area contributed by atoms with Crippen LogP contribution in [-0.2, 0) is 0 Å². The van der Waals surface area contributed by atoms with Crippen LogP contribution in [0.2, 0.25) is 0 Å². The topological polar surface area (TPSA) is 67.1 Å². The molecule has 3 N–H and O–H groups in total. The van der Waals surface area contributed by atoms with E-state index in [1.807, 2.05) is 0 Å². The van der Waals surface area contributed by atoms with Gasteiger partial charge in [-0.1, -0.05) is 12.1 Å². The molecular formula is C14H16FN5. The summed E-state index contributed by atoms with van der Waals surface area (Å²) in [5.41, 5.74) is 6.92. The quantitative estimate of drug-likeness (QED) is 0.899. The van der Waals surface area contributed by atoms with Gasteiger partial charge in [-0.15, -0.1) is 0 Å². The van der Waals surface area contributed by atoms with Gasteiger partial charge in [-0.3, -0.25) is 0 Å². The van der Waals surface area contributed by atoms with Crippen LogP contribution in [0, 0.1) is 5.82 Å². The fraction of sp³-hybridized carbons (Fsp3) is 0.286. The number of anilines is 4. The van der Waals surface area contributed by atoms with E-state index in [0.717, 1.165) is 31.7 Å². The fourth-order valence-electron chi connectivity index (χ4n) is 2.36. The van der Waals surface area contributed by atoms with Crippen molar-refractivity contribution in [3.05, 3.63) is 36.4 Å². The van der Waals surface area contributed by atoms with Gasteiger partial charge < -0.3 is 16.0 Å². The SMILES string of the molecule is Nc1c(Nc2ccccc2F)ncnc1N1CCCC1. The van der Waals surface area contributed by atoms with Gasteiger partial charge in [-0.2, -0.15) is 0 Å². The molecular weight excluding hydrogens is 257 g/mol. The van der Waals surface area contributed by atoms with Crippen LogP contribution in [0.3, 0.4) is 0 Å². The molecule has 0 amide bonds. The predicted molar refractivity (Wildman–Crippen MR) is 77.6 cm³/mol. The van der Waals surface area contributed by atoms with Crippen molar-refractivity contribution in [3.8, 4) is 0 Å². The first-order valence-corrected chi connectivity index (χ1v) is 6.62. The van der Waals surface area contributed by atoms with Gasteiger partial charge >= 0.3 is 0 Å². The van der Waals surface area contributed by atoms with Crippen LogP contribution in [-0.4, -0.2) is 23.1 Å². The minimum absolute atomic E-state index is 0.340. The number of halogens is 1. The average molecular weight is 273 g/mol. The number of hydrogen-bond donors (Lipinski definition) is 2. The molecule has 0 bridgehead atoms. The number of nitrogens with one attached hydrogen (secondary N) is 1. The van der Waals surface area contributed by atoms with Crippen LogP contribution in [0.25, 0.3) is 0 Å². The molecule has 1 fully saturated rings. The molecule has 1 aliphatic heterocycles. The molecule has 6 heteroatoms. The lowest BCUT2D eigenvalue weighted by molar-refractivity contribution is 0.632. The molecule has 0 spiro atoms. The standard InChI is InChI=1S/C14H16FN5/c15-10-5-1-2-6-11(10)19-13-12(16)14(18-9-17-13)20-7-3-4-8-20/h1-2,5-6,9H,3-4,7-8,16H2,(H,17,18,19).